The minimum atomic E-state index is -0.797. The number of rotatable bonds is 4. The van der Waals surface area contributed by atoms with Gasteiger partial charge in [-0.25, -0.2) is 0 Å². The Balaban J connectivity index is 4.23. The van der Waals surface area contributed by atoms with E-state index in [0.717, 1.165) is 0 Å². The van der Waals surface area contributed by atoms with Crippen molar-refractivity contribution in [2.45, 2.75) is 40.2 Å². The molecule has 0 aromatic carbocycles. The van der Waals surface area contributed by atoms with Crippen molar-refractivity contribution in [1.82, 2.24) is 0 Å². The van der Waals surface area contributed by atoms with Crippen LogP contribution in [0.4, 0.5) is 0 Å². The van der Waals surface area contributed by atoms with Crippen LogP contribution in [0.15, 0.2) is 24.3 Å². The molecule has 0 heterocycles. The third kappa shape index (κ3) is 7.79. The Morgan fingerprint density at radius 3 is 1.46 bits per heavy atom. The monoisotopic (exact) mass is 182 g/mol. The Kier molecular flexibility index (Phi) is 5.01. The summed E-state index contributed by atoms with van der Waals surface area (Å²) in [6.07, 6.45) is 7.72. The summed E-state index contributed by atoms with van der Waals surface area (Å²) < 4.78 is 0. The Labute approximate surface area is 82.2 Å². The molecule has 76 valence electrons. The molecule has 0 spiro atoms. The second-order valence-electron chi connectivity index (χ2n) is 4.43. The van der Waals surface area contributed by atoms with E-state index < -0.39 is 5.60 Å². The molecule has 0 unspecified atom stereocenters. The molecule has 13 heavy (non-hydrogen) atoms. The maximum Gasteiger partial charge on any atom is 0.0980 e. The first kappa shape index (κ1) is 12.4. The molecule has 0 bridgehead atoms. The molecule has 1 N–H and O–H groups in total. The predicted molar refractivity (Wildman–Crippen MR) is 58.6 cm³/mol. The molecule has 0 radical (unpaired) electrons. The molecule has 0 aliphatic rings. The van der Waals surface area contributed by atoms with Gasteiger partial charge in [-0.2, -0.15) is 0 Å². The van der Waals surface area contributed by atoms with Crippen LogP contribution < -0.4 is 0 Å². The summed E-state index contributed by atoms with van der Waals surface area (Å²) in [5, 5.41) is 9.84. The third-order valence-electron chi connectivity index (χ3n) is 1.64. The topological polar surface area (TPSA) is 20.2 Å². The highest BCUT2D eigenvalue weighted by Crippen LogP contribution is 2.11. The van der Waals surface area contributed by atoms with E-state index in [4.69, 9.17) is 0 Å². The summed E-state index contributed by atoms with van der Waals surface area (Å²) in [5.41, 5.74) is -0.797. The van der Waals surface area contributed by atoms with E-state index >= 15 is 0 Å². The van der Waals surface area contributed by atoms with Gasteiger partial charge in [0.2, 0.25) is 0 Å². The standard InChI is InChI=1S/C12H22O/c1-10(2)6-8-12(5,13)9-7-11(3)4/h6-11,13H,1-5H3. The SMILES string of the molecule is CC(C)C=CC(C)(O)C=CC(C)C. The molecule has 0 aliphatic heterocycles. The number of hydrogen-bond acceptors (Lipinski definition) is 1. The van der Waals surface area contributed by atoms with E-state index in [-0.39, 0.29) is 0 Å². The van der Waals surface area contributed by atoms with Crippen LogP contribution >= 0.6 is 0 Å². The first-order valence-electron chi connectivity index (χ1n) is 4.94. The Hall–Kier alpha value is -0.560. The lowest BCUT2D eigenvalue weighted by atomic mass is 10.0. The van der Waals surface area contributed by atoms with E-state index in [0.29, 0.717) is 11.8 Å². The molecule has 0 atom stereocenters. The Morgan fingerprint density at radius 2 is 1.23 bits per heavy atom. The third-order valence-corrected chi connectivity index (χ3v) is 1.64. The average molecular weight is 182 g/mol. The molecule has 0 fully saturated rings. The van der Waals surface area contributed by atoms with Crippen LogP contribution in [0.3, 0.4) is 0 Å². The van der Waals surface area contributed by atoms with Gasteiger partial charge >= 0.3 is 0 Å². The minimum Gasteiger partial charge on any atom is -0.382 e. The van der Waals surface area contributed by atoms with Crippen molar-refractivity contribution in [1.29, 1.82) is 0 Å². The summed E-state index contributed by atoms with van der Waals surface area (Å²) >= 11 is 0. The van der Waals surface area contributed by atoms with Crippen molar-refractivity contribution in [3.05, 3.63) is 24.3 Å². The largest absolute Gasteiger partial charge is 0.382 e. The van der Waals surface area contributed by atoms with Gasteiger partial charge in [0, 0.05) is 0 Å². The van der Waals surface area contributed by atoms with Crippen molar-refractivity contribution < 1.29 is 5.11 Å². The van der Waals surface area contributed by atoms with E-state index in [9.17, 15) is 5.11 Å². The number of aliphatic hydroxyl groups is 1. The maximum atomic E-state index is 9.84. The highest BCUT2D eigenvalue weighted by molar-refractivity contribution is 5.12. The van der Waals surface area contributed by atoms with Crippen molar-refractivity contribution in [2.75, 3.05) is 0 Å². The van der Waals surface area contributed by atoms with E-state index in [1.165, 1.54) is 0 Å². The van der Waals surface area contributed by atoms with Crippen molar-refractivity contribution in [3.8, 4) is 0 Å². The summed E-state index contributed by atoms with van der Waals surface area (Å²) in [7, 11) is 0. The van der Waals surface area contributed by atoms with Gasteiger partial charge in [-0.15, -0.1) is 0 Å². The molecule has 0 aromatic rings. The van der Waals surface area contributed by atoms with E-state index in [2.05, 4.69) is 27.7 Å². The summed E-state index contributed by atoms with van der Waals surface area (Å²) in [6, 6.07) is 0. The highest BCUT2D eigenvalue weighted by Gasteiger charge is 2.10. The van der Waals surface area contributed by atoms with Crippen LogP contribution in [0.2, 0.25) is 0 Å². The molecule has 0 saturated carbocycles. The van der Waals surface area contributed by atoms with Crippen LogP contribution in [-0.4, -0.2) is 10.7 Å². The van der Waals surface area contributed by atoms with Crippen LogP contribution in [0, 0.1) is 11.8 Å². The Morgan fingerprint density at radius 1 is 0.923 bits per heavy atom. The molecular weight excluding hydrogens is 160 g/mol. The lowest BCUT2D eigenvalue weighted by molar-refractivity contribution is 0.163. The normalized spacial score (nSPS) is 17.8. The molecule has 0 aliphatic carbocycles. The first-order valence-corrected chi connectivity index (χ1v) is 4.94. The van der Waals surface area contributed by atoms with Crippen molar-refractivity contribution in [2.24, 2.45) is 11.8 Å². The molecule has 1 heteroatoms. The summed E-state index contributed by atoms with van der Waals surface area (Å²) in [6.45, 7) is 10.2. The second kappa shape index (κ2) is 5.23. The second-order valence-corrected chi connectivity index (χ2v) is 4.43. The lowest BCUT2D eigenvalue weighted by Gasteiger charge is -2.14. The zero-order valence-electron chi connectivity index (χ0n) is 9.41. The van der Waals surface area contributed by atoms with Gasteiger partial charge in [0.1, 0.15) is 0 Å². The van der Waals surface area contributed by atoms with Gasteiger partial charge in [-0.3, -0.25) is 0 Å². The van der Waals surface area contributed by atoms with Gasteiger partial charge in [0.05, 0.1) is 5.60 Å². The minimum absolute atomic E-state index is 0.485. The fourth-order valence-electron chi connectivity index (χ4n) is 0.830. The van der Waals surface area contributed by atoms with E-state index in [1.54, 1.807) is 6.92 Å². The van der Waals surface area contributed by atoms with Crippen molar-refractivity contribution >= 4 is 0 Å². The van der Waals surface area contributed by atoms with E-state index in [1.807, 2.05) is 24.3 Å². The smallest absolute Gasteiger partial charge is 0.0980 e. The van der Waals surface area contributed by atoms with Crippen LogP contribution in [0.25, 0.3) is 0 Å². The van der Waals surface area contributed by atoms with Gasteiger partial charge in [-0.1, -0.05) is 52.0 Å². The molecule has 0 aromatic heterocycles. The summed E-state index contributed by atoms with van der Waals surface area (Å²) in [4.78, 5) is 0. The molecule has 0 amide bonds. The molecule has 0 rings (SSSR count). The fraction of sp³-hybridized carbons (Fsp3) is 0.667. The van der Waals surface area contributed by atoms with Gasteiger partial charge in [0.25, 0.3) is 0 Å². The zero-order valence-corrected chi connectivity index (χ0v) is 9.41. The Bertz CT molecular complexity index is 165. The zero-order chi connectivity index (χ0) is 10.5. The maximum absolute atomic E-state index is 9.84. The van der Waals surface area contributed by atoms with Gasteiger partial charge in [0.15, 0.2) is 0 Å². The first-order chi connectivity index (χ1) is 5.83. The van der Waals surface area contributed by atoms with Gasteiger partial charge < -0.3 is 5.11 Å². The fourth-order valence-corrected chi connectivity index (χ4v) is 0.830. The predicted octanol–water partition coefficient (Wildman–Crippen LogP) is 3.16. The van der Waals surface area contributed by atoms with Crippen LogP contribution in [-0.2, 0) is 0 Å². The van der Waals surface area contributed by atoms with Crippen molar-refractivity contribution in [3.63, 3.8) is 0 Å². The molecule has 0 saturated heterocycles. The highest BCUT2D eigenvalue weighted by atomic mass is 16.3. The molecular formula is C12H22O. The lowest BCUT2D eigenvalue weighted by Crippen LogP contribution is -2.17. The molecule has 1 nitrogen and oxygen atoms in total. The number of allylic oxidation sites excluding steroid dienone is 2. The number of hydrogen-bond donors (Lipinski definition) is 1. The van der Waals surface area contributed by atoms with Crippen LogP contribution in [0.1, 0.15) is 34.6 Å². The van der Waals surface area contributed by atoms with Crippen LogP contribution in [0.5, 0.6) is 0 Å². The average Bonchev–Trinajstić information content (AvgIpc) is 1.98. The quantitative estimate of drug-likeness (QED) is 0.662. The summed E-state index contributed by atoms with van der Waals surface area (Å²) in [5.74, 6) is 0.970. The van der Waals surface area contributed by atoms with Gasteiger partial charge in [-0.05, 0) is 18.8 Å².